The van der Waals surface area contributed by atoms with Gasteiger partial charge >= 0.3 is 5.97 Å². The first-order valence-corrected chi connectivity index (χ1v) is 7.94. The van der Waals surface area contributed by atoms with E-state index in [1.54, 1.807) is 0 Å². The molecule has 21 heavy (non-hydrogen) atoms. The lowest BCUT2D eigenvalue weighted by atomic mass is 9.93. The van der Waals surface area contributed by atoms with Crippen LogP contribution in [0.25, 0.3) is 0 Å². The van der Waals surface area contributed by atoms with Crippen molar-refractivity contribution < 1.29 is 9.53 Å². The van der Waals surface area contributed by atoms with Crippen LogP contribution < -0.4 is 0 Å². The first-order valence-electron chi connectivity index (χ1n) is 7.94. The molecule has 0 fully saturated rings. The summed E-state index contributed by atoms with van der Waals surface area (Å²) < 4.78 is 5.39. The summed E-state index contributed by atoms with van der Waals surface area (Å²) in [5.74, 6) is 0.324. The Labute approximate surface area is 129 Å². The predicted molar refractivity (Wildman–Crippen MR) is 88.4 cm³/mol. The van der Waals surface area contributed by atoms with E-state index < -0.39 is 0 Å². The number of esters is 1. The largest absolute Gasteiger partial charge is 0.465 e. The first kappa shape index (κ1) is 17.7. The number of benzene rings is 1. The Morgan fingerprint density at radius 1 is 1.10 bits per heavy atom. The van der Waals surface area contributed by atoms with Crippen molar-refractivity contribution in [1.82, 2.24) is 0 Å². The summed E-state index contributed by atoms with van der Waals surface area (Å²) in [6, 6.07) is 8.34. The Morgan fingerprint density at radius 2 is 1.67 bits per heavy atom. The third-order valence-corrected chi connectivity index (χ3v) is 3.57. The van der Waals surface area contributed by atoms with Crippen molar-refractivity contribution in [2.45, 2.75) is 60.3 Å². The molecule has 0 N–H and O–H groups in total. The van der Waals surface area contributed by atoms with Crippen LogP contribution in [0.5, 0.6) is 0 Å². The Balaban J connectivity index is 2.54. The van der Waals surface area contributed by atoms with Crippen LogP contribution in [0, 0.1) is 11.3 Å². The van der Waals surface area contributed by atoms with Crippen LogP contribution in [0.1, 0.15) is 65.0 Å². The van der Waals surface area contributed by atoms with Crippen LogP contribution in [-0.2, 0) is 16.0 Å². The van der Waals surface area contributed by atoms with E-state index in [0.29, 0.717) is 12.5 Å². The molecule has 1 unspecified atom stereocenters. The number of carbonyl (C=O) groups is 1. The Morgan fingerprint density at radius 3 is 2.14 bits per heavy atom. The van der Waals surface area contributed by atoms with Crippen molar-refractivity contribution >= 4 is 5.97 Å². The van der Waals surface area contributed by atoms with E-state index in [-0.39, 0.29) is 17.3 Å². The van der Waals surface area contributed by atoms with E-state index in [0.717, 1.165) is 18.4 Å². The minimum absolute atomic E-state index is 0.129. The molecule has 0 spiro atoms. The lowest BCUT2D eigenvalue weighted by Gasteiger charge is -2.19. The third-order valence-electron chi connectivity index (χ3n) is 3.57. The highest BCUT2D eigenvalue weighted by Crippen LogP contribution is 2.21. The average molecular weight is 290 g/mol. The smallest absolute Gasteiger partial charge is 0.313 e. The maximum Gasteiger partial charge on any atom is 0.313 e. The van der Waals surface area contributed by atoms with Crippen molar-refractivity contribution in [2.75, 3.05) is 6.61 Å². The third kappa shape index (κ3) is 6.79. The molecule has 0 saturated heterocycles. The molecule has 0 heterocycles. The van der Waals surface area contributed by atoms with Gasteiger partial charge in [0.15, 0.2) is 0 Å². The molecule has 0 aliphatic carbocycles. The summed E-state index contributed by atoms with van der Waals surface area (Å²) in [5.41, 5.74) is 2.55. The number of rotatable bonds is 6. The molecule has 0 aromatic heterocycles. The average Bonchev–Trinajstić information content (AvgIpc) is 2.36. The molecule has 0 saturated carbocycles. The molecule has 0 aliphatic heterocycles. The van der Waals surface area contributed by atoms with Gasteiger partial charge in [-0.05, 0) is 42.2 Å². The van der Waals surface area contributed by atoms with Gasteiger partial charge in [0.05, 0.1) is 12.5 Å². The standard InChI is InChI=1S/C19H30O2/c1-14(2)13-16-7-9-17(10-8-16)15(3)18(20)21-12-11-19(4,5)6/h7-10,14-15H,11-13H2,1-6H3. The van der Waals surface area contributed by atoms with Crippen molar-refractivity contribution in [2.24, 2.45) is 11.3 Å². The second kappa shape index (κ2) is 7.63. The van der Waals surface area contributed by atoms with Gasteiger partial charge in [0.25, 0.3) is 0 Å². The van der Waals surface area contributed by atoms with Crippen LogP contribution in [-0.4, -0.2) is 12.6 Å². The molecular formula is C19H30O2. The zero-order valence-corrected chi connectivity index (χ0v) is 14.4. The maximum absolute atomic E-state index is 12.1. The van der Waals surface area contributed by atoms with Crippen LogP contribution in [0.15, 0.2) is 24.3 Å². The zero-order valence-electron chi connectivity index (χ0n) is 14.4. The van der Waals surface area contributed by atoms with Crippen LogP contribution >= 0.6 is 0 Å². The van der Waals surface area contributed by atoms with E-state index in [9.17, 15) is 4.79 Å². The monoisotopic (exact) mass is 290 g/mol. The normalized spacial score (nSPS) is 13.3. The highest BCUT2D eigenvalue weighted by molar-refractivity contribution is 5.77. The second-order valence-corrected chi connectivity index (χ2v) is 7.54. The summed E-state index contributed by atoms with van der Waals surface area (Å²) in [6.07, 6.45) is 1.96. The van der Waals surface area contributed by atoms with Crippen LogP contribution in [0.3, 0.4) is 0 Å². The fourth-order valence-electron chi connectivity index (χ4n) is 2.13. The second-order valence-electron chi connectivity index (χ2n) is 7.54. The molecule has 1 aromatic carbocycles. The molecule has 1 aromatic rings. The Hall–Kier alpha value is -1.31. The minimum Gasteiger partial charge on any atom is -0.465 e. The molecule has 0 aliphatic rings. The Bertz CT molecular complexity index is 438. The topological polar surface area (TPSA) is 26.3 Å². The molecule has 1 rings (SSSR count). The molecule has 2 nitrogen and oxygen atoms in total. The number of hydrogen-bond donors (Lipinski definition) is 0. The summed E-state index contributed by atoms with van der Waals surface area (Å²) >= 11 is 0. The molecule has 118 valence electrons. The van der Waals surface area contributed by atoms with Crippen molar-refractivity contribution in [3.63, 3.8) is 0 Å². The fraction of sp³-hybridized carbons (Fsp3) is 0.632. The molecular weight excluding hydrogens is 260 g/mol. The van der Waals surface area contributed by atoms with Gasteiger partial charge in [0, 0.05) is 0 Å². The molecule has 1 atom stereocenters. The SMILES string of the molecule is CC(C)Cc1ccc(C(C)C(=O)OCCC(C)(C)C)cc1. The van der Waals surface area contributed by atoms with Gasteiger partial charge in [0.1, 0.15) is 0 Å². The van der Waals surface area contributed by atoms with Gasteiger partial charge in [-0.3, -0.25) is 4.79 Å². The fourth-order valence-corrected chi connectivity index (χ4v) is 2.13. The van der Waals surface area contributed by atoms with E-state index in [2.05, 4.69) is 46.8 Å². The van der Waals surface area contributed by atoms with Crippen molar-refractivity contribution in [3.05, 3.63) is 35.4 Å². The minimum atomic E-state index is -0.196. The van der Waals surface area contributed by atoms with Gasteiger partial charge in [-0.15, -0.1) is 0 Å². The highest BCUT2D eigenvalue weighted by Gasteiger charge is 2.18. The van der Waals surface area contributed by atoms with Gasteiger partial charge in [0.2, 0.25) is 0 Å². The first-order chi connectivity index (χ1) is 9.69. The zero-order chi connectivity index (χ0) is 16.0. The number of carbonyl (C=O) groups excluding carboxylic acids is 1. The van der Waals surface area contributed by atoms with Gasteiger partial charge in [-0.25, -0.2) is 0 Å². The van der Waals surface area contributed by atoms with Crippen molar-refractivity contribution in [3.8, 4) is 0 Å². The van der Waals surface area contributed by atoms with E-state index in [4.69, 9.17) is 4.74 Å². The van der Waals surface area contributed by atoms with Crippen LogP contribution in [0.2, 0.25) is 0 Å². The van der Waals surface area contributed by atoms with E-state index >= 15 is 0 Å². The number of hydrogen-bond acceptors (Lipinski definition) is 2. The molecule has 0 bridgehead atoms. The summed E-state index contributed by atoms with van der Waals surface area (Å²) in [7, 11) is 0. The van der Waals surface area contributed by atoms with E-state index in [1.807, 2.05) is 19.1 Å². The lowest BCUT2D eigenvalue weighted by Crippen LogP contribution is -2.17. The highest BCUT2D eigenvalue weighted by atomic mass is 16.5. The summed E-state index contributed by atoms with van der Waals surface area (Å²) in [6.45, 7) is 13.3. The maximum atomic E-state index is 12.1. The predicted octanol–water partition coefficient (Wildman–Crippen LogP) is 4.97. The number of ether oxygens (including phenoxy) is 1. The quantitative estimate of drug-likeness (QED) is 0.692. The van der Waals surface area contributed by atoms with Gasteiger partial charge in [-0.2, -0.15) is 0 Å². The van der Waals surface area contributed by atoms with Gasteiger partial charge in [-0.1, -0.05) is 58.9 Å². The molecule has 0 radical (unpaired) electrons. The van der Waals surface area contributed by atoms with Crippen LogP contribution in [0.4, 0.5) is 0 Å². The molecule has 0 amide bonds. The Kier molecular flexibility index (Phi) is 6.44. The van der Waals surface area contributed by atoms with Gasteiger partial charge < -0.3 is 4.74 Å². The summed E-state index contributed by atoms with van der Waals surface area (Å²) in [5, 5.41) is 0. The van der Waals surface area contributed by atoms with E-state index in [1.165, 1.54) is 5.56 Å². The lowest BCUT2D eigenvalue weighted by molar-refractivity contribution is -0.145. The van der Waals surface area contributed by atoms with Crippen molar-refractivity contribution in [1.29, 1.82) is 0 Å². The summed E-state index contributed by atoms with van der Waals surface area (Å²) in [4.78, 5) is 12.1. The molecule has 2 heteroatoms.